The van der Waals surface area contributed by atoms with Crippen molar-refractivity contribution in [3.63, 3.8) is 0 Å². The summed E-state index contributed by atoms with van der Waals surface area (Å²) in [7, 11) is 0. The number of fused-ring (bicyclic) bond motifs is 1. The molecule has 26 heavy (non-hydrogen) atoms. The first-order valence-corrected chi connectivity index (χ1v) is 8.90. The third-order valence-electron chi connectivity index (χ3n) is 5.10. The van der Waals surface area contributed by atoms with E-state index in [0.717, 1.165) is 36.6 Å². The Morgan fingerprint density at radius 3 is 2.81 bits per heavy atom. The van der Waals surface area contributed by atoms with E-state index in [1.165, 1.54) is 6.20 Å². The lowest BCUT2D eigenvalue weighted by atomic mass is 9.91. The Morgan fingerprint density at radius 2 is 2.04 bits per heavy atom. The summed E-state index contributed by atoms with van der Waals surface area (Å²) in [6, 6.07) is 9.29. The van der Waals surface area contributed by atoms with Gasteiger partial charge in [0.1, 0.15) is 0 Å². The molecule has 1 aliphatic rings. The molecule has 0 unspecified atom stereocenters. The summed E-state index contributed by atoms with van der Waals surface area (Å²) in [6.07, 6.45) is 6.80. The predicted molar refractivity (Wildman–Crippen MR) is 99.2 cm³/mol. The van der Waals surface area contributed by atoms with Crippen molar-refractivity contribution in [2.75, 3.05) is 0 Å². The normalized spacial score (nSPS) is 20.2. The number of amides is 1. The van der Waals surface area contributed by atoms with Gasteiger partial charge in [-0.25, -0.2) is 4.98 Å². The monoisotopic (exact) mass is 352 g/mol. The molecule has 6 heteroatoms. The number of carbonyl (C=O) groups is 1. The number of halogens is 1. The second-order valence-corrected chi connectivity index (χ2v) is 6.89. The molecule has 1 amide bonds. The van der Waals surface area contributed by atoms with Crippen molar-refractivity contribution >= 4 is 16.8 Å². The molecule has 1 saturated carbocycles. The number of benzene rings is 1. The van der Waals surface area contributed by atoms with E-state index in [1.807, 2.05) is 18.2 Å². The summed E-state index contributed by atoms with van der Waals surface area (Å²) in [6.45, 7) is 0. The first-order chi connectivity index (χ1) is 12.6. The van der Waals surface area contributed by atoms with Crippen LogP contribution in [0.2, 0.25) is 0 Å². The first kappa shape index (κ1) is 16.7. The molecule has 3 aromatic rings. The van der Waals surface area contributed by atoms with Crippen LogP contribution in [0.25, 0.3) is 22.0 Å². The Hall–Kier alpha value is -2.73. The zero-order valence-corrected chi connectivity index (χ0v) is 14.3. The molecule has 0 spiro atoms. The minimum Gasteiger partial charge on any atom is -0.360 e. The van der Waals surface area contributed by atoms with Crippen LogP contribution >= 0.6 is 0 Å². The quantitative estimate of drug-likeness (QED) is 0.632. The number of aromatic nitrogens is 2. The number of rotatable bonds is 3. The second-order valence-electron chi connectivity index (χ2n) is 6.89. The van der Waals surface area contributed by atoms with Crippen LogP contribution in [0, 0.1) is 5.95 Å². The Bertz CT molecular complexity index is 944. The molecule has 1 aliphatic carbocycles. The van der Waals surface area contributed by atoms with Crippen molar-refractivity contribution in [1.29, 1.82) is 0 Å². The average molecular weight is 352 g/mol. The Kier molecular flexibility index (Phi) is 4.42. The second kappa shape index (κ2) is 6.88. The molecule has 4 rings (SSSR count). The van der Waals surface area contributed by atoms with Crippen molar-refractivity contribution in [2.24, 2.45) is 5.73 Å². The Labute approximate surface area is 150 Å². The topological polar surface area (TPSA) is 83.8 Å². The maximum absolute atomic E-state index is 14.0. The fourth-order valence-electron chi connectivity index (χ4n) is 3.60. The van der Waals surface area contributed by atoms with Gasteiger partial charge in [0.2, 0.25) is 5.95 Å². The van der Waals surface area contributed by atoms with Gasteiger partial charge in [-0.1, -0.05) is 6.07 Å². The van der Waals surface area contributed by atoms with Gasteiger partial charge in [-0.15, -0.1) is 0 Å². The Balaban J connectivity index is 1.62. The molecule has 2 heterocycles. The fourth-order valence-corrected chi connectivity index (χ4v) is 3.60. The maximum Gasteiger partial charge on any atom is 0.253 e. The van der Waals surface area contributed by atoms with Gasteiger partial charge in [0, 0.05) is 40.9 Å². The first-order valence-electron chi connectivity index (χ1n) is 8.90. The summed E-state index contributed by atoms with van der Waals surface area (Å²) in [5.74, 6) is -0.632. The van der Waals surface area contributed by atoms with Crippen molar-refractivity contribution in [3.8, 4) is 11.1 Å². The Morgan fingerprint density at radius 1 is 1.23 bits per heavy atom. The number of hydrogen-bond acceptors (Lipinski definition) is 3. The molecule has 5 nitrogen and oxygen atoms in total. The molecule has 1 fully saturated rings. The highest BCUT2D eigenvalue weighted by Crippen LogP contribution is 2.28. The van der Waals surface area contributed by atoms with Crippen LogP contribution in [0.5, 0.6) is 0 Å². The summed E-state index contributed by atoms with van der Waals surface area (Å²) in [5, 5.41) is 3.88. The number of nitrogens with zero attached hydrogens (tertiary/aromatic N) is 1. The van der Waals surface area contributed by atoms with Gasteiger partial charge in [0.15, 0.2) is 0 Å². The zero-order chi connectivity index (χ0) is 18.1. The van der Waals surface area contributed by atoms with Crippen molar-refractivity contribution in [2.45, 2.75) is 37.8 Å². The molecular weight excluding hydrogens is 331 g/mol. The van der Waals surface area contributed by atoms with Gasteiger partial charge in [0.05, 0.1) is 5.56 Å². The standard InChI is InChI=1S/C20H21FN4O/c21-19-15(2-1-9-23-19)12-3-8-18-16(10-12)17(11-24-18)20(26)25-14-6-4-13(22)5-7-14/h1-3,8-11,13-14,24H,4-7,22H2,(H,25,26)/t13-,14+. The lowest BCUT2D eigenvalue weighted by Crippen LogP contribution is -2.40. The number of nitrogens with one attached hydrogen (secondary N) is 2. The van der Waals surface area contributed by atoms with Crippen LogP contribution in [0.3, 0.4) is 0 Å². The summed E-state index contributed by atoms with van der Waals surface area (Å²) in [5.41, 5.74) is 8.45. The minimum atomic E-state index is -0.521. The predicted octanol–water partition coefficient (Wildman–Crippen LogP) is 3.37. The molecule has 1 aromatic carbocycles. The molecule has 4 N–H and O–H groups in total. The van der Waals surface area contributed by atoms with E-state index < -0.39 is 5.95 Å². The van der Waals surface area contributed by atoms with Gasteiger partial charge in [-0.05, 0) is 55.5 Å². The van der Waals surface area contributed by atoms with Gasteiger partial charge in [-0.2, -0.15) is 4.39 Å². The molecule has 0 radical (unpaired) electrons. The van der Waals surface area contributed by atoms with Crippen LogP contribution in [0.4, 0.5) is 4.39 Å². The smallest absolute Gasteiger partial charge is 0.253 e. The van der Waals surface area contributed by atoms with Crippen molar-refractivity contribution in [1.82, 2.24) is 15.3 Å². The van der Waals surface area contributed by atoms with Gasteiger partial charge in [0.25, 0.3) is 5.91 Å². The van der Waals surface area contributed by atoms with Crippen LogP contribution in [-0.2, 0) is 0 Å². The van der Waals surface area contributed by atoms with Gasteiger partial charge >= 0.3 is 0 Å². The number of pyridine rings is 1. The van der Waals surface area contributed by atoms with E-state index in [2.05, 4.69) is 15.3 Å². The third-order valence-corrected chi connectivity index (χ3v) is 5.10. The third kappa shape index (κ3) is 3.20. The molecular formula is C20H21FN4O. The lowest BCUT2D eigenvalue weighted by molar-refractivity contribution is 0.0927. The van der Waals surface area contributed by atoms with E-state index in [-0.39, 0.29) is 18.0 Å². The van der Waals surface area contributed by atoms with E-state index in [0.29, 0.717) is 16.7 Å². The van der Waals surface area contributed by atoms with Crippen molar-refractivity contribution < 1.29 is 9.18 Å². The van der Waals surface area contributed by atoms with Crippen molar-refractivity contribution in [3.05, 3.63) is 54.2 Å². The molecule has 0 saturated heterocycles. The van der Waals surface area contributed by atoms with Crippen LogP contribution in [0.15, 0.2) is 42.7 Å². The van der Waals surface area contributed by atoms with Crippen LogP contribution in [0.1, 0.15) is 36.0 Å². The average Bonchev–Trinajstić information content (AvgIpc) is 3.07. The molecule has 0 atom stereocenters. The molecule has 0 aliphatic heterocycles. The molecule has 0 bridgehead atoms. The minimum absolute atomic E-state index is 0.111. The summed E-state index contributed by atoms with van der Waals surface area (Å²) < 4.78 is 14.0. The van der Waals surface area contributed by atoms with E-state index in [1.54, 1.807) is 18.3 Å². The number of nitrogens with two attached hydrogens (primary N) is 1. The SMILES string of the molecule is N[C@H]1CC[C@@H](NC(=O)c2c[nH]c3ccc(-c4cccnc4F)cc23)CC1. The summed E-state index contributed by atoms with van der Waals surface area (Å²) >= 11 is 0. The highest BCUT2D eigenvalue weighted by Gasteiger charge is 2.22. The largest absolute Gasteiger partial charge is 0.360 e. The highest BCUT2D eigenvalue weighted by molar-refractivity contribution is 6.07. The number of H-pyrrole nitrogens is 1. The lowest BCUT2D eigenvalue weighted by Gasteiger charge is -2.26. The van der Waals surface area contributed by atoms with Crippen LogP contribution < -0.4 is 11.1 Å². The molecule has 134 valence electrons. The van der Waals surface area contributed by atoms with Crippen LogP contribution in [-0.4, -0.2) is 28.0 Å². The van der Waals surface area contributed by atoms with E-state index >= 15 is 0 Å². The number of hydrogen-bond donors (Lipinski definition) is 3. The number of aromatic amines is 1. The highest BCUT2D eigenvalue weighted by atomic mass is 19.1. The molecule has 2 aromatic heterocycles. The fraction of sp³-hybridized carbons (Fsp3) is 0.300. The summed E-state index contributed by atoms with van der Waals surface area (Å²) in [4.78, 5) is 19.6. The van der Waals surface area contributed by atoms with E-state index in [9.17, 15) is 9.18 Å². The van der Waals surface area contributed by atoms with E-state index in [4.69, 9.17) is 5.73 Å². The van der Waals surface area contributed by atoms with Gasteiger partial charge < -0.3 is 16.0 Å². The number of carbonyl (C=O) groups excluding carboxylic acids is 1. The maximum atomic E-state index is 14.0. The van der Waals surface area contributed by atoms with Gasteiger partial charge in [-0.3, -0.25) is 4.79 Å². The zero-order valence-electron chi connectivity index (χ0n) is 14.3.